The van der Waals surface area contributed by atoms with Crippen molar-refractivity contribution in [3.05, 3.63) is 60.2 Å². The predicted molar refractivity (Wildman–Crippen MR) is 117 cm³/mol. The fourth-order valence-corrected chi connectivity index (χ4v) is 3.77. The van der Waals surface area contributed by atoms with Gasteiger partial charge in [-0.2, -0.15) is 4.52 Å². The molecule has 3 heterocycles. The van der Waals surface area contributed by atoms with Gasteiger partial charge in [-0.1, -0.05) is 24.3 Å². The van der Waals surface area contributed by atoms with E-state index < -0.39 is 0 Å². The Hall–Kier alpha value is -3.52. The zero-order valence-corrected chi connectivity index (χ0v) is 17.0. The molecule has 2 aromatic carbocycles. The van der Waals surface area contributed by atoms with Gasteiger partial charge in [0, 0.05) is 32.0 Å². The van der Waals surface area contributed by atoms with Gasteiger partial charge in [-0.15, -0.1) is 5.10 Å². The molecule has 8 nitrogen and oxygen atoms in total. The van der Waals surface area contributed by atoms with Crippen LogP contribution in [-0.4, -0.2) is 49.4 Å². The van der Waals surface area contributed by atoms with Crippen molar-refractivity contribution in [1.82, 2.24) is 29.1 Å². The number of aryl methyl sites for hydroxylation is 3. The number of hydrogen-bond acceptors (Lipinski definition) is 6. The van der Waals surface area contributed by atoms with Crippen molar-refractivity contribution >= 4 is 33.5 Å². The van der Waals surface area contributed by atoms with Gasteiger partial charge in [0.05, 0.1) is 23.2 Å². The highest BCUT2D eigenvalue weighted by Gasteiger charge is 2.14. The number of fused-ring (bicyclic) bond motifs is 4. The average Bonchev–Trinajstić information content (AvgIpc) is 3.33. The predicted octanol–water partition coefficient (Wildman–Crippen LogP) is 3.24. The molecule has 3 aromatic heterocycles. The second kappa shape index (κ2) is 7.72. The Morgan fingerprint density at radius 3 is 2.63 bits per heavy atom. The van der Waals surface area contributed by atoms with Crippen molar-refractivity contribution in [2.75, 3.05) is 25.6 Å². The molecule has 8 heteroatoms. The Balaban J connectivity index is 1.51. The second-order valence-electron chi connectivity index (χ2n) is 7.18. The number of anilines is 1. The average molecular weight is 401 g/mol. The zero-order chi connectivity index (χ0) is 20.5. The molecule has 0 fully saturated rings. The quantitative estimate of drug-likeness (QED) is 0.422. The first-order valence-electron chi connectivity index (χ1n) is 10.0. The van der Waals surface area contributed by atoms with Crippen LogP contribution in [0.4, 0.5) is 5.95 Å². The van der Waals surface area contributed by atoms with Crippen LogP contribution < -0.4 is 5.32 Å². The molecule has 30 heavy (non-hydrogen) atoms. The number of methoxy groups -OCH3 is 1. The molecule has 0 unspecified atom stereocenters. The summed E-state index contributed by atoms with van der Waals surface area (Å²) in [5, 5.41) is 9.05. The van der Waals surface area contributed by atoms with Gasteiger partial charge in [0.15, 0.2) is 11.5 Å². The molecule has 1 N–H and O–H groups in total. The van der Waals surface area contributed by atoms with Crippen LogP contribution >= 0.6 is 0 Å². The van der Waals surface area contributed by atoms with E-state index in [0.717, 1.165) is 45.8 Å². The van der Waals surface area contributed by atoms with Crippen LogP contribution in [0.3, 0.4) is 0 Å². The van der Waals surface area contributed by atoms with Crippen molar-refractivity contribution in [3.63, 3.8) is 0 Å². The summed E-state index contributed by atoms with van der Waals surface area (Å²) in [5.74, 6) is 2.44. The lowest BCUT2D eigenvalue weighted by molar-refractivity contribution is 0.210. The van der Waals surface area contributed by atoms with E-state index in [2.05, 4.69) is 20.9 Å². The van der Waals surface area contributed by atoms with Crippen LogP contribution in [0.5, 0.6) is 0 Å². The van der Waals surface area contributed by atoms with Crippen LogP contribution in [0, 0.1) is 6.92 Å². The molecule has 0 aliphatic rings. The first-order chi connectivity index (χ1) is 14.7. The fraction of sp³-hybridized carbons (Fsp3) is 0.273. The summed E-state index contributed by atoms with van der Waals surface area (Å²) in [6, 6.07) is 16.2. The van der Waals surface area contributed by atoms with Crippen molar-refractivity contribution in [2.45, 2.75) is 19.9 Å². The van der Waals surface area contributed by atoms with E-state index in [1.165, 1.54) is 0 Å². The van der Waals surface area contributed by atoms with Gasteiger partial charge in [0.25, 0.3) is 0 Å². The number of nitrogens with zero attached hydrogens (tertiary/aromatic N) is 6. The molecule has 0 atom stereocenters. The highest BCUT2D eigenvalue weighted by molar-refractivity contribution is 5.92. The van der Waals surface area contributed by atoms with Gasteiger partial charge in [-0.25, -0.2) is 15.0 Å². The van der Waals surface area contributed by atoms with Crippen molar-refractivity contribution < 1.29 is 4.74 Å². The van der Waals surface area contributed by atoms with Crippen LogP contribution in [0.15, 0.2) is 48.5 Å². The summed E-state index contributed by atoms with van der Waals surface area (Å²) >= 11 is 0. The lowest BCUT2D eigenvalue weighted by atomic mass is 10.2. The third-order valence-corrected chi connectivity index (χ3v) is 5.22. The SMILES string of the molecule is COCCNc1nc2ccccc2c2nc(CCn3c(C)nc4ccccc43)nn12. The number of benzene rings is 2. The molecule has 0 aliphatic heterocycles. The third kappa shape index (κ3) is 3.25. The summed E-state index contributed by atoms with van der Waals surface area (Å²) in [6.45, 7) is 4.03. The first kappa shape index (κ1) is 18.5. The maximum Gasteiger partial charge on any atom is 0.226 e. The van der Waals surface area contributed by atoms with Crippen LogP contribution in [0.25, 0.3) is 27.6 Å². The lowest BCUT2D eigenvalue weighted by Crippen LogP contribution is -2.13. The molecule has 152 valence electrons. The normalized spacial score (nSPS) is 11.7. The van der Waals surface area contributed by atoms with Gasteiger partial charge >= 0.3 is 0 Å². The monoisotopic (exact) mass is 401 g/mol. The molecule has 5 aromatic rings. The Kier molecular flexibility index (Phi) is 4.76. The van der Waals surface area contributed by atoms with Gasteiger partial charge in [0.1, 0.15) is 5.82 Å². The van der Waals surface area contributed by atoms with E-state index in [-0.39, 0.29) is 0 Å². The van der Waals surface area contributed by atoms with E-state index >= 15 is 0 Å². The van der Waals surface area contributed by atoms with Gasteiger partial charge < -0.3 is 14.6 Å². The summed E-state index contributed by atoms with van der Waals surface area (Å²) in [7, 11) is 1.68. The molecular formula is C22H23N7O. The maximum atomic E-state index is 5.15. The Morgan fingerprint density at radius 2 is 1.77 bits per heavy atom. The maximum absolute atomic E-state index is 5.15. The van der Waals surface area contributed by atoms with Crippen LogP contribution in [-0.2, 0) is 17.7 Å². The van der Waals surface area contributed by atoms with Crippen LogP contribution in [0.2, 0.25) is 0 Å². The molecule has 0 saturated carbocycles. The number of rotatable bonds is 7. The van der Waals surface area contributed by atoms with Crippen LogP contribution in [0.1, 0.15) is 11.6 Å². The number of hydrogen-bond donors (Lipinski definition) is 1. The molecule has 5 rings (SSSR count). The molecule has 0 saturated heterocycles. The molecule has 0 bridgehead atoms. The molecular weight excluding hydrogens is 378 g/mol. The number of imidazole rings is 1. The van der Waals surface area contributed by atoms with Gasteiger partial charge in [-0.3, -0.25) is 0 Å². The molecule has 0 aliphatic carbocycles. The molecule has 0 radical (unpaired) electrons. The van der Waals surface area contributed by atoms with E-state index in [1.807, 2.05) is 49.4 Å². The molecule has 0 spiro atoms. The van der Waals surface area contributed by atoms with E-state index in [1.54, 1.807) is 11.6 Å². The largest absolute Gasteiger partial charge is 0.383 e. The Bertz CT molecular complexity index is 1340. The van der Waals surface area contributed by atoms with E-state index in [0.29, 0.717) is 25.5 Å². The fourth-order valence-electron chi connectivity index (χ4n) is 3.77. The minimum Gasteiger partial charge on any atom is -0.383 e. The summed E-state index contributed by atoms with van der Waals surface area (Å²) in [4.78, 5) is 14.2. The minimum atomic E-state index is 0.588. The zero-order valence-electron chi connectivity index (χ0n) is 17.0. The highest BCUT2D eigenvalue weighted by atomic mass is 16.5. The summed E-state index contributed by atoms with van der Waals surface area (Å²) in [6.07, 6.45) is 0.703. The Labute approximate surface area is 173 Å². The second-order valence-corrected chi connectivity index (χ2v) is 7.18. The standard InChI is InChI=1S/C22H23N7O/c1-15-24-18-9-5-6-10-19(18)28(15)13-11-20-26-21-16-7-3-4-8-17(16)25-22(29(21)27-20)23-12-14-30-2/h3-10H,11-14H2,1-2H3,(H,23,25). The number of nitrogens with one attached hydrogen (secondary N) is 1. The summed E-state index contributed by atoms with van der Waals surface area (Å²) in [5.41, 5.74) is 3.84. The van der Waals surface area contributed by atoms with Crippen molar-refractivity contribution in [3.8, 4) is 0 Å². The van der Waals surface area contributed by atoms with E-state index in [9.17, 15) is 0 Å². The lowest BCUT2D eigenvalue weighted by Gasteiger charge is -2.08. The van der Waals surface area contributed by atoms with Crippen molar-refractivity contribution in [2.24, 2.45) is 0 Å². The topological polar surface area (TPSA) is 82.2 Å². The number of para-hydroxylation sites is 3. The number of ether oxygens (including phenoxy) is 1. The highest BCUT2D eigenvalue weighted by Crippen LogP contribution is 2.21. The third-order valence-electron chi connectivity index (χ3n) is 5.22. The number of aromatic nitrogens is 6. The van der Waals surface area contributed by atoms with Gasteiger partial charge in [-0.05, 0) is 31.2 Å². The summed E-state index contributed by atoms with van der Waals surface area (Å²) < 4.78 is 9.17. The van der Waals surface area contributed by atoms with Gasteiger partial charge in [0.2, 0.25) is 5.95 Å². The van der Waals surface area contributed by atoms with E-state index in [4.69, 9.17) is 19.8 Å². The first-order valence-corrected chi connectivity index (χ1v) is 10.0. The van der Waals surface area contributed by atoms with Crippen molar-refractivity contribution in [1.29, 1.82) is 0 Å². The smallest absolute Gasteiger partial charge is 0.226 e. The Morgan fingerprint density at radius 1 is 0.967 bits per heavy atom. The minimum absolute atomic E-state index is 0.588. The molecule has 0 amide bonds.